The SMILES string of the molecule is O=C1NCCN1Nc1ncccn1. The number of hydrazine groups is 1. The first-order valence-electron chi connectivity index (χ1n) is 3.95. The molecule has 0 radical (unpaired) electrons. The Morgan fingerprint density at radius 2 is 2.23 bits per heavy atom. The van der Waals surface area contributed by atoms with Crippen molar-refractivity contribution in [2.75, 3.05) is 18.5 Å². The van der Waals surface area contributed by atoms with Gasteiger partial charge in [-0.15, -0.1) is 0 Å². The fourth-order valence-electron chi connectivity index (χ4n) is 1.06. The van der Waals surface area contributed by atoms with Crippen LogP contribution in [0.1, 0.15) is 0 Å². The zero-order valence-electron chi connectivity index (χ0n) is 6.90. The summed E-state index contributed by atoms with van der Waals surface area (Å²) in [6.45, 7) is 1.27. The normalized spacial score (nSPS) is 15.7. The second-order valence-electron chi connectivity index (χ2n) is 2.57. The van der Waals surface area contributed by atoms with Gasteiger partial charge in [0.1, 0.15) is 0 Å². The number of aromatic nitrogens is 2. The smallest absolute Gasteiger partial charge is 0.335 e. The Bertz CT molecular complexity index is 301. The van der Waals surface area contributed by atoms with Crippen LogP contribution in [0.3, 0.4) is 0 Å². The highest BCUT2D eigenvalue weighted by molar-refractivity contribution is 5.77. The quantitative estimate of drug-likeness (QED) is 0.661. The van der Waals surface area contributed by atoms with E-state index >= 15 is 0 Å². The lowest BCUT2D eigenvalue weighted by atomic mass is 10.7. The van der Waals surface area contributed by atoms with Gasteiger partial charge in [-0.25, -0.2) is 19.8 Å². The van der Waals surface area contributed by atoms with Crippen molar-refractivity contribution in [3.05, 3.63) is 18.5 Å². The average Bonchev–Trinajstić information content (AvgIpc) is 2.54. The summed E-state index contributed by atoms with van der Waals surface area (Å²) in [6.07, 6.45) is 3.23. The third-order valence-corrected chi connectivity index (χ3v) is 1.66. The summed E-state index contributed by atoms with van der Waals surface area (Å²) in [6, 6.07) is 1.57. The standard InChI is InChI=1S/C7H9N5O/c13-7-10-4-5-12(7)11-6-8-2-1-3-9-6/h1-3H,4-5H2,(H,10,13)(H,8,9,11). The maximum absolute atomic E-state index is 11.1. The van der Waals surface area contributed by atoms with Gasteiger partial charge in [-0.05, 0) is 6.07 Å². The van der Waals surface area contributed by atoms with Gasteiger partial charge in [-0.2, -0.15) is 0 Å². The van der Waals surface area contributed by atoms with Crippen LogP contribution < -0.4 is 10.7 Å². The van der Waals surface area contributed by atoms with Crippen molar-refractivity contribution < 1.29 is 4.79 Å². The van der Waals surface area contributed by atoms with Crippen LogP contribution in [-0.2, 0) is 0 Å². The molecule has 1 saturated heterocycles. The third-order valence-electron chi connectivity index (χ3n) is 1.66. The summed E-state index contributed by atoms with van der Waals surface area (Å²) in [7, 11) is 0. The molecule has 0 saturated carbocycles. The van der Waals surface area contributed by atoms with Gasteiger partial charge in [0.2, 0.25) is 5.95 Å². The van der Waals surface area contributed by atoms with Crippen LogP contribution in [0.5, 0.6) is 0 Å². The number of hydrogen-bond acceptors (Lipinski definition) is 4. The highest BCUT2D eigenvalue weighted by atomic mass is 16.2. The summed E-state index contributed by atoms with van der Waals surface area (Å²) < 4.78 is 0. The van der Waals surface area contributed by atoms with Crippen molar-refractivity contribution in [3.63, 3.8) is 0 Å². The molecule has 1 aromatic heterocycles. The predicted molar refractivity (Wildman–Crippen MR) is 45.8 cm³/mol. The predicted octanol–water partition coefficient (Wildman–Crippen LogP) is -0.171. The van der Waals surface area contributed by atoms with Gasteiger partial charge in [0.25, 0.3) is 0 Å². The van der Waals surface area contributed by atoms with E-state index in [2.05, 4.69) is 20.7 Å². The zero-order valence-corrected chi connectivity index (χ0v) is 6.90. The van der Waals surface area contributed by atoms with E-state index in [9.17, 15) is 4.79 Å². The molecule has 0 unspecified atom stereocenters. The molecular weight excluding hydrogens is 170 g/mol. The molecule has 6 nitrogen and oxygen atoms in total. The largest absolute Gasteiger partial charge is 0.336 e. The van der Waals surface area contributed by atoms with Gasteiger partial charge < -0.3 is 5.32 Å². The second-order valence-corrected chi connectivity index (χ2v) is 2.57. The molecule has 1 aliphatic heterocycles. The summed E-state index contributed by atoms with van der Waals surface area (Å²) in [5, 5.41) is 4.10. The first-order chi connectivity index (χ1) is 6.36. The van der Waals surface area contributed by atoms with Crippen molar-refractivity contribution in [2.24, 2.45) is 0 Å². The molecule has 68 valence electrons. The van der Waals surface area contributed by atoms with E-state index in [1.165, 1.54) is 5.01 Å². The number of carbonyl (C=O) groups is 1. The summed E-state index contributed by atoms with van der Waals surface area (Å²) in [4.78, 5) is 18.9. The van der Waals surface area contributed by atoms with Crippen LogP contribution in [0.2, 0.25) is 0 Å². The number of anilines is 1. The van der Waals surface area contributed by atoms with E-state index < -0.39 is 0 Å². The van der Waals surface area contributed by atoms with Crippen LogP contribution in [0.15, 0.2) is 18.5 Å². The summed E-state index contributed by atoms with van der Waals surface area (Å²) >= 11 is 0. The minimum atomic E-state index is -0.146. The Balaban J connectivity index is 2.02. The van der Waals surface area contributed by atoms with Crippen molar-refractivity contribution in [1.29, 1.82) is 0 Å². The lowest BCUT2D eigenvalue weighted by Gasteiger charge is -2.14. The molecule has 2 heterocycles. The first-order valence-corrected chi connectivity index (χ1v) is 3.95. The lowest BCUT2D eigenvalue weighted by Crippen LogP contribution is -2.34. The lowest BCUT2D eigenvalue weighted by molar-refractivity contribution is 0.225. The average molecular weight is 179 g/mol. The van der Waals surface area contributed by atoms with Gasteiger partial charge >= 0.3 is 6.03 Å². The van der Waals surface area contributed by atoms with Crippen molar-refractivity contribution in [2.45, 2.75) is 0 Å². The van der Waals surface area contributed by atoms with E-state index in [0.29, 0.717) is 19.0 Å². The van der Waals surface area contributed by atoms with Crippen molar-refractivity contribution in [3.8, 4) is 0 Å². The van der Waals surface area contributed by atoms with E-state index in [-0.39, 0.29) is 6.03 Å². The fraction of sp³-hybridized carbons (Fsp3) is 0.286. The Morgan fingerprint density at radius 3 is 2.85 bits per heavy atom. The summed E-state index contributed by atoms with van der Waals surface area (Å²) in [5.74, 6) is 0.430. The van der Waals surface area contributed by atoms with Gasteiger partial charge in [0.05, 0.1) is 6.54 Å². The Labute approximate surface area is 75.0 Å². The molecule has 0 aromatic carbocycles. The van der Waals surface area contributed by atoms with Crippen LogP contribution in [-0.4, -0.2) is 34.1 Å². The molecule has 2 rings (SSSR count). The van der Waals surface area contributed by atoms with Gasteiger partial charge in [0.15, 0.2) is 0 Å². The highest BCUT2D eigenvalue weighted by Gasteiger charge is 2.19. The summed E-state index contributed by atoms with van der Waals surface area (Å²) in [5.41, 5.74) is 2.79. The third kappa shape index (κ3) is 1.66. The Kier molecular flexibility index (Phi) is 1.95. The van der Waals surface area contributed by atoms with Gasteiger partial charge in [-0.1, -0.05) is 0 Å². The van der Waals surface area contributed by atoms with Crippen LogP contribution in [0.25, 0.3) is 0 Å². The maximum Gasteiger partial charge on any atom is 0.336 e. The first kappa shape index (κ1) is 7.78. The van der Waals surface area contributed by atoms with E-state index in [1.54, 1.807) is 18.5 Å². The minimum absolute atomic E-state index is 0.146. The minimum Gasteiger partial charge on any atom is -0.335 e. The molecule has 1 fully saturated rings. The Hall–Kier alpha value is -1.85. The number of carbonyl (C=O) groups excluding carboxylic acids is 1. The molecule has 2 N–H and O–H groups in total. The molecular formula is C7H9N5O. The van der Waals surface area contributed by atoms with Crippen LogP contribution in [0, 0.1) is 0 Å². The molecule has 13 heavy (non-hydrogen) atoms. The molecule has 1 aliphatic rings. The zero-order chi connectivity index (χ0) is 9.10. The van der Waals surface area contributed by atoms with Gasteiger partial charge in [-0.3, -0.25) is 5.43 Å². The van der Waals surface area contributed by atoms with Crippen LogP contribution >= 0.6 is 0 Å². The molecule has 0 aliphatic carbocycles. The highest BCUT2D eigenvalue weighted by Crippen LogP contribution is 2.00. The maximum atomic E-state index is 11.1. The van der Waals surface area contributed by atoms with Gasteiger partial charge in [0, 0.05) is 18.9 Å². The van der Waals surface area contributed by atoms with E-state index in [4.69, 9.17) is 0 Å². The fourth-order valence-corrected chi connectivity index (χ4v) is 1.06. The number of urea groups is 1. The second kappa shape index (κ2) is 3.26. The van der Waals surface area contributed by atoms with E-state index in [1.807, 2.05) is 0 Å². The Morgan fingerprint density at radius 1 is 1.46 bits per heavy atom. The topological polar surface area (TPSA) is 70.2 Å². The number of amides is 2. The van der Waals surface area contributed by atoms with E-state index in [0.717, 1.165) is 0 Å². The number of nitrogens with one attached hydrogen (secondary N) is 2. The van der Waals surface area contributed by atoms with Crippen molar-refractivity contribution in [1.82, 2.24) is 20.3 Å². The molecule has 6 heteroatoms. The molecule has 1 aromatic rings. The van der Waals surface area contributed by atoms with Crippen LogP contribution in [0.4, 0.5) is 10.7 Å². The van der Waals surface area contributed by atoms with Crippen molar-refractivity contribution >= 4 is 12.0 Å². The monoisotopic (exact) mass is 179 g/mol. The molecule has 2 amide bonds. The number of nitrogens with zero attached hydrogens (tertiary/aromatic N) is 3. The number of hydrogen-bond donors (Lipinski definition) is 2. The molecule has 0 spiro atoms. The molecule has 0 atom stereocenters. The number of rotatable bonds is 2. The molecule has 0 bridgehead atoms.